The molecule has 28 heavy (non-hydrogen) atoms. The monoisotopic (exact) mass is 376 g/mol. The molecule has 0 saturated heterocycles. The first-order valence-corrected chi connectivity index (χ1v) is 7.82. The second-order valence-electron chi connectivity index (χ2n) is 5.42. The van der Waals surface area contributed by atoms with Crippen molar-refractivity contribution in [3.8, 4) is 23.4 Å². The van der Waals surface area contributed by atoms with Crippen LogP contribution < -0.4 is 11.0 Å². The predicted octanol–water partition coefficient (Wildman–Crippen LogP) is 2.90. The molecule has 0 aliphatic carbocycles. The summed E-state index contributed by atoms with van der Waals surface area (Å²) in [6, 6.07) is 13.9. The zero-order valence-corrected chi connectivity index (χ0v) is 14.1. The number of H-pyrrole nitrogens is 1. The standard InChI is InChI=1S/C19H10F2N6O/c20-15-7-6-12(8-22)16(21)14(15)10-24-27-19-25-17(11-4-2-1-3-5-11)13(9-23)18(28)26-19/h1-7,10H,(H2,25,26,27,28). The Kier molecular flexibility index (Phi) is 5.19. The highest BCUT2D eigenvalue weighted by Gasteiger charge is 2.14. The van der Waals surface area contributed by atoms with E-state index in [1.807, 2.05) is 0 Å². The van der Waals surface area contributed by atoms with Crippen molar-refractivity contribution >= 4 is 12.2 Å². The van der Waals surface area contributed by atoms with Crippen molar-refractivity contribution < 1.29 is 8.78 Å². The molecule has 0 aliphatic heterocycles. The van der Waals surface area contributed by atoms with Gasteiger partial charge in [-0.2, -0.15) is 15.6 Å². The minimum atomic E-state index is -1.06. The molecule has 2 N–H and O–H groups in total. The van der Waals surface area contributed by atoms with E-state index in [1.54, 1.807) is 42.5 Å². The fourth-order valence-corrected chi connectivity index (χ4v) is 2.37. The molecule has 3 aromatic rings. The number of nitriles is 2. The topological polar surface area (TPSA) is 118 Å². The first kappa shape index (κ1) is 18.4. The van der Waals surface area contributed by atoms with Crippen LogP contribution in [0.1, 0.15) is 16.7 Å². The lowest BCUT2D eigenvalue weighted by Gasteiger charge is -2.06. The molecule has 0 radical (unpaired) electrons. The van der Waals surface area contributed by atoms with Gasteiger partial charge in [-0.3, -0.25) is 9.78 Å². The van der Waals surface area contributed by atoms with Crippen LogP contribution in [0.3, 0.4) is 0 Å². The molecule has 0 spiro atoms. The fraction of sp³-hybridized carbons (Fsp3) is 0. The highest BCUT2D eigenvalue weighted by Crippen LogP contribution is 2.19. The summed E-state index contributed by atoms with van der Waals surface area (Å²) in [6.45, 7) is 0. The summed E-state index contributed by atoms with van der Waals surface area (Å²) < 4.78 is 27.8. The van der Waals surface area contributed by atoms with Crippen LogP contribution in [0.5, 0.6) is 0 Å². The zero-order valence-electron chi connectivity index (χ0n) is 14.1. The Hall–Kier alpha value is -4.37. The van der Waals surface area contributed by atoms with E-state index in [2.05, 4.69) is 20.5 Å². The molecule has 0 bridgehead atoms. The number of nitrogens with zero attached hydrogens (tertiary/aromatic N) is 4. The van der Waals surface area contributed by atoms with E-state index in [-0.39, 0.29) is 22.8 Å². The van der Waals surface area contributed by atoms with Gasteiger partial charge in [0.05, 0.1) is 23.0 Å². The van der Waals surface area contributed by atoms with Gasteiger partial charge in [0.15, 0.2) is 5.82 Å². The molecule has 9 heteroatoms. The van der Waals surface area contributed by atoms with Crippen molar-refractivity contribution in [1.29, 1.82) is 10.5 Å². The Balaban J connectivity index is 1.96. The van der Waals surface area contributed by atoms with Gasteiger partial charge < -0.3 is 0 Å². The third-order valence-corrected chi connectivity index (χ3v) is 3.69. The Labute approximate surface area is 157 Å². The molecule has 7 nitrogen and oxygen atoms in total. The number of hydrogen-bond donors (Lipinski definition) is 2. The highest BCUT2D eigenvalue weighted by atomic mass is 19.1. The summed E-state index contributed by atoms with van der Waals surface area (Å²) in [5.41, 5.74) is 1.30. The van der Waals surface area contributed by atoms with Crippen molar-refractivity contribution in [1.82, 2.24) is 9.97 Å². The summed E-state index contributed by atoms with van der Waals surface area (Å²) in [7, 11) is 0. The van der Waals surface area contributed by atoms with E-state index < -0.39 is 22.8 Å². The van der Waals surface area contributed by atoms with Gasteiger partial charge in [0.25, 0.3) is 5.56 Å². The molecule has 0 fully saturated rings. The van der Waals surface area contributed by atoms with E-state index in [9.17, 15) is 18.8 Å². The molecular weight excluding hydrogens is 366 g/mol. The maximum atomic E-state index is 14.0. The average Bonchev–Trinajstić information content (AvgIpc) is 2.71. The Morgan fingerprint density at radius 2 is 1.86 bits per heavy atom. The molecule has 136 valence electrons. The van der Waals surface area contributed by atoms with E-state index in [1.165, 1.54) is 0 Å². The summed E-state index contributed by atoms with van der Waals surface area (Å²) >= 11 is 0. The first-order valence-electron chi connectivity index (χ1n) is 7.82. The van der Waals surface area contributed by atoms with E-state index in [4.69, 9.17) is 5.26 Å². The van der Waals surface area contributed by atoms with Crippen LogP contribution in [-0.4, -0.2) is 16.2 Å². The number of benzene rings is 2. The molecule has 1 aromatic heterocycles. The molecule has 2 aromatic carbocycles. The maximum Gasteiger partial charge on any atom is 0.270 e. The van der Waals surface area contributed by atoms with Crippen LogP contribution in [0.2, 0.25) is 0 Å². The number of hydrazone groups is 1. The zero-order chi connectivity index (χ0) is 20.1. The van der Waals surface area contributed by atoms with Crippen molar-refractivity contribution in [3.05, 3.63) is 81.1 Å². The van der Waals surface area contributed by atoms with Gasteiger partial charge >= 0.3 is 0 Å². The third kappa shape index (κ3) is 3.59. The van der Waals surface area contributed by atoms with Gasteiger partial charge in [0.1, 0.15) is 23.5 Å². The Morgan fingerprint density at radius 3 is 2.54 bits per heavy atom. The van der Waals surface area contributed by atoms with Crippen LogP contribution in [0.15, 0.2) is 52.4 Å². The summed E-state index contributed by atoms with van der Waals surface area (Å²) in [6.07, 6.45) is 0.825. The van der Waals surface area contributed by atoms with Crippen LogP contribution in [0.4, 0.5) is 14.7 Å². The number of halogens is 2. The van der Waals surface area contributed by atoms with Gasteiger partial charge in [0.2, 0.25) is 5.95 Å². The second kappa shape index (κ2) is 7.89. The quantitative estimate of drug-likeness (QED) is 0.536. The number of rotatable bonds is 4. The predicted molar refractivity (Wildman–Crippen MR) is 97.3 cm³/mol. The summed E-state index contributed by atoms with van der Waals surface area (Å²) in [5, 5.41) is 21.7. The molecule has 1 heterocycles. The largest absolute Gasteiger partial charge is 0.290 e. The lowest BCUT2D eigenvalue weighted by Crippen LogP contribution is -2.16. The maximum absolute atomic E-state index is 14.0. The number of hydrogen-bond acceptors (Lipinski definition) is 6. The minimum absolute atomic E-state index is 0.128. The van der Waals surface area contributed by atoms with Crippen molar-refractivity contribution in [2.75, 3.05) is 5.43 Å². The molecule has 0 saturated carbocycles. The molecular formula is C19H10F2N6O. The van der Waals surface area contributed by atoms with Crippen molar-refractivity contribution in [2.24, 2.45) is 5.10 Å². The first-order chi connectivity index (χ1) is 13.5. The lowest BCUT2D eigenvalue weighted by molar-refractivity contribution is 0.577. The minimum Gasteiger partial charge on any atom is -0.290 e. The summed E-state index contributed by atoms with van der Waals surface area (Å²) in [5.74, 6) is -2.09. The van der Waals surface area contributed by atoms with Crippen molar-refractivity contribution in [2.45, 2.75) is 0 Å². The lowest BCUT2D eigenvalue weighted by atomic mass is 10.1. The molecule has 0 aliphatic rings. The van der Waals surface area contributed by atoms with E-state index >= 15 is 0 Å². The second-order valence-corrected chi connectivity index (χ2v) is 5.42. The Bertz CT molecular complexity index is 1210. The van der Waals surface area contributed by atoms with Crippen LogP contribution in [-0.2, 0) is 0 Å². The molecule has 0 unspecified atom stereocenters. The smallest absolute Gasteiger partial charge is 0.270 e. The highest BCUT2D eigenvalue weighted by molar-refractivity contribution is 5.81. The fourth-order valence-electron chi connectivity index (χ4n) is 2.37. The van der Waals surface area contributed by atoms with Crippen LogP contribution >= 0.6 is 0 Å². The van der Waals surface area contributed by atoms with Gasteiger partial charge in [-0.25, -0.2) is 19.2 Å². The van der Waals surface area contributed by atoms with Gasteiger partial charge in [-0.1, -0.05) is 30.3 Å². The third-order valence-electron chi connectivity index (χ3n) is 3.69. The number of aromatic amines is 1. The molecule has 0 amide bonds. The van der Waals surface area contributed by atoms with E-state index in [0.29, 0.717) is 5.56 Å². The van der Waals surface area contributed by atoms with Gasteiger partial charge in [-0.05, 0) is 12.1 Å². The van der Waals surface area contributed by atoms with Crippen LogP contribution in [0, 0.1) is 34.3 Å². The molecule has 3 rings (SSSR count). The normalized spacial score (nSPS) is 10.4. The average molecular weight is 376 g/mol. The van der Waals surface area contributed by atoms with Gasteiger partial charge in [-0.15, -0.1) is 0 Å². The SMILES string of the molecule is N#Cc1ccc(F)c(C=NNc2nc(-c3ccccc3)c(C#N)c(=O)[nH]2)c1F. The van der Waals surface area contributed by atoms with E-state index in [0.717, 1.165) is 18.3 Å². The molecule has 0 atom stereocenters. The Morgan fingerprint density at radius 1 is 1.11 bits per heavy atom. The number of nitrogens with one attached hydrogen (secondary N) is 2. The van der Waals surface area contributed by atoms with Crippen molar-refractivity contribution in [3.63, 3.8) is 0 Å². The number of aromatic nitrogens is 2. The van der Waals surface area contributed by atoms with Crippen LogP contribution in [0.25, 0.3) is 11.3 Å². The summed E-state index contributed by atoms with van der Waals surface area (Å²) in [4.78, 5) is 18.6. The van der Waals surface area contributed by atoms with Gasteiger partial charge in [0, 0.05) is 5.56 Å². The number of anilines is 1.